The lowest BCUT2D eigenvalue weighted by Gasteiger charge is -2.39. The van der Waals surface area contributed by atoms with Crippen LogP contribution in [0.3, 0.4) is 0 Å². The zero-order valence-corrected chi connectivity index (χ0v) is 31.9. The Hall–Kier alpha value is -3.34. The lowest BCUT2D eigenvalue weighted by atomic mass is 9.88. The molecule has 0 spiro atoms. The summed E-state index contributed by atoms with van der Waals surface area (Å²) >= 11 is 17.3. The SMILES string of the molecule is NC(=O)C1=C2SC(c3ccc(Cl)cc3)(c3ccc(Cl)cc3)C=C2C(OC2CCCNC2)(SC2CCCNC2)N=N1.NC(=O)c1nncc2ccsc12. The van der Waals surface area contributed by atoms with Gasteiger partial charge in [0.15, 0.2) is 11.4 Å². The second-order valence-electron chi connectivity index (χ2n) is 12.7. The topological polar surface area (TPSA) is 170 Å². The van der Waals surface area contributed by atoms with Crippen LogP contribution in [0.4, 0.5) is 0 Å². The normalized spacial score (nSPS) is 23.8. The molecule has 16 heteroatoms. The first-order valence-electron chi connectivity index (χ1n) is 16.8. The molecular formula is C36H36Cl2N8O3S3. The predicted octanol–water partition coefficient (Wildman–Crippen LogP) is 6.77. The number of primary amides is 2. The number of nitrogens with one attached hydrogen (secondary N) is 2. The van der Waals surface area contributed by atoms with Crippen molar-refractivity contribution in [2.75, 3.05) is 26.2 Å². The standard InChI is InChI=1S/C29H31Cl2N5O2S2.C7H5N3OS/c30-20-9-5-18(6-10-20)28(19-7-11-21(31)12-8-19)15-24-26(40-28)25(27(32)37)35-36-29(24,38-22-3-1-13-33-16-22)39-23-4-2-14-34-17-23;8-7(11)5-6-4(1-2-12-6)3-9-10-5/h5-12,15,22-23,33-34H,1-4,13-14,16-17H2,(H2,32,37);1-3H,(H2,8,11). The van der Waals surface area contributed by atoms with Crippen molar-refractivity contribution >= 4 is 80.0 Å². The number of thiophene rings is 1. The van der Waals surface area contributed by atoms with Crippen LogP contribution >= 0.6 is 58.1 Å². The van der Waals surface area contributed by atoms with Gasteiger partial charge in [-0.05, 0) is 91.7 Å². The number of carbonyl (C=O) groups is 2. The van der Waals surface area contributed by atoms with Crippen LogP contribution in [0.25, 0.3) is 10.1 Å². The smallest absolute Gasteiger partial charge is 0.270 e. The van der Waals surface area contributed by atoms with Gasteiger partial charge in [0, 0.05) is 39.3 Å². The number of rotatable bonds is 8. The van der Waals surface area contributed by atoms with Crippen molar-refractivity contribution in [1.29, 1.82) is 0 Å². The Morgan fingerprint density at radius 1 is 0.904 bits per heavy atom. The van der Waals surface area contributed by atoms with E-state index in [-0.39, 0.29) is 22.7 Å². The third-order valence-corrected chi connectivity index (χ3v) is 13.5. The fraction of sp³-hybridized carbons (Fsp3) is 0.333. The highest BCUT2D eigenvalue weighted by atomic mass is 35.5. The van der Waals surface area contributed by atoms with E-state index in [2.05, 4.69) is 32.0 Å². The number of carbonyl (C=O) groups excluding carboxylic acids is 2. The maximum absolute atomic E-state index is 12.7. The molecule has 270 valence electrons. The first-order valence-corrected chi connectivity index (χ1v) is 20.2. The maximum atomic E-state index is 12.7. The lowest BCUT2D eigenvalue weighted by Crippen LogP contribution is -2.45. The Morgan fingerprint density at radius 2 is 1.58 bits per heavy atom. The first-order chi connectivity index (χ1) is 25.2. The van der Waals surface area contributed by atoms with Gasteiger partial charge in [0.25, 0.3) is 16.9 Å². The van der Waals surface area contributed by atoms with Gasteiger partial charge in [-0.2, -0.15) is 5.10 Å². The molecule has 2 saturated heterocycles. The number of hydrogen-bond acceptors (Lipinski definition) is 12. The summed E-state index contributed by atoms with van der Waals surface area (Å²) in [4.78, 5) is 24.3. The van der Waals surface area contributed by atoms with Crippen molar-refractivity contribution in [3.63, 3.8) is 0 Å². The third-order valence-electron chi connectivity index (χ3n) is 9.13. The van der Waals surface area contributed by atoms with E-state index in [0.717, 1.165) is 78.6 Å². The molecule has 2 fully saturated rings. The minimum atomic E-state index is -1.12. The first kappa shape index (κ1) is 37.0. The molecule has 4 aliphatic heterocycles. The predicted molar refractivity (Wildman–Crippen MR) is 210 cm³/mol. The number of nitrogens with zero attached hydrogens (tertiary/aromatic N) is 4. The molecule has 4 aromatic rings. The van der Waals surface area contributed by atoms with E-state index in [0.29, 0.717) is 15.0 Å². The minimum Gasteiger partial charge on any atom is -0.364 e. The van der Waals surface area contributed by atoms with Gasteiger partial charge in [-0.25, -0.2) is 0 Å². The summed E-state index contributed by atoms with van der Waals surface area (Å²) in [7, 11) is 0. The summed E-state index contributed by atoms with van der Waals surface area (Å²) < 4.78 is 7.07. The molecule has 0 aliphatic carbocycles. The van der Waals surface area contributed by atoms with Gasteiger partial charge < -0.3 is 26.8 Å². The Kier molecular flexibility index (Phi) is 11.3. The third kappa shape index (κ3) is 7.66. The van der Waals surface area contributed by atoms with E-state index < -0.39 is 21.6 Å². The quantitative estimate of drug-likeness (QED) is 0.141. The summed E-state index contributed by atoms with van der Waals surface area (Å²) in [5, 5.41) is 26.8. The Labute approximate surface area is 323 Å². The Bertz CT molecular complexity index is 1980. The number of nitrogens with two attached hydrogens (primary N) is 2. The number of thioether (sulfide) groups is 2. The van der Waals surface area contributed by atoms with Gasteiger partial charge in [0.05, 0.1) is 26.7 Å². The number of hydrogen-bond donors (Lipinski definition) is 4. The van der Waals surface area contributed by atoms with Crippen molar-refractivity contribution in [2.24, 2.45) is 21.7 Å². The molecule has 11 nitrogen and oxygen atoms in total. The number of halogens is 2. The van der Waals surface area contributed by atoms with Crippen molar-refractivity contribution in [3.8, 4) is 0 Å². The summed E-state index contributed by atoms with van der Waals surface area (Å²) in [5.41, 5.74) is 14.2. The molecule has 8 rings (SSSR count). The van der Waals surface area contributed by atoms with Gasteiger partial charge in [-0.1, -0.05) is 59.2 Å². The van der Waals surface area contributed by atoms with Gasteiger partial charge >= 0.3 is 0 Å². The molecule has 52 heavy (non-hydrogen) atoms. The molecule has 3 atom stereocenters. The number of ether oxygens (including phenoxy) is 1. The molecule has 4 aliphatic rings. The second-order valence-corrected chi connectivity index (χ2v) is 17.2. The van der Waals surface area contributed by atoms with Crippen LogP contribution in [-0.2, 0) is 14.3 Å². The zero-order valence-electron chi connectivity index (χ0n) is 27.9. The monoisotopic (exact) mass is 794 g/mol. The Morgan fingerprint density at radius 3 is 2.17 bits per heavy atom. The largest absolute Gasteiger partial charge is 0.364 e. The molecule has 0 saturated carbocycles. The van der Waals surface area contributed by atoms with Crippen LogP contribution in [0.2, 0.25) is 10.0 Å². The fourth-order valence-electron chi connectivity index (χ4n) is 6.61. The van der Waals surface area contributed by atoms with Crippen LogP contribution in [-0.4, -0.2) is 64.6 Å². The van der Waals surface area contributed by atoms with Gasteiger partial charge in [-0.15, -0.1) is 38.4 Å². The van der Waals surface area contributed by atoms with E-state index >= 15 is 0 Å². The van der Waals surface area contributed by atoms with E-state index in [4.69, 9.17) is 44.5 Å². The molecule has 0 bridgehead atoms. The van der Waals surface area contributed by atoms with Crippen molar-refractivity contribution in [3.05, 3.63) is 115 Å². The fourth-order valence-corrected chi connectivity index (χ4v) is 10.8. The molecule has 6 heterocycles. The van der Waals surface area contributed by atoms with Crippen LogP contribution in [0.15, 0.2) is 98.7 Å². The number of piperidine rings is 2. The number of benzene rings is 2. The van der Waals surface area contributed by atoms with E-state index in [9.17, 15) is 9.59 Å². The van der Waals surface area contributed by atoms with E-state index in [1.54, 1.807) is 29.7 Å². The number of azo groups is 1. The molecule has 2 aromatic carbocycles. The summed E-state index contributed by atoms with van der Waals surface area (Å²) in [5.74, 6) is -1.15. The highest BCUT2D eigenvalue weighted by molar-refractivity contribution is 8.05. The molecule has 3 unspecified atom stereocenters. The van der Waals surface area contributed by atoms with E-state index in [1.165, 1.54) is 11.3 Å². The summed E-state index contributed by atoms with van der Waals surface area (Å²) in [6.45, 7) is 3.57. The van der Waals surface area contributed by atoms with Crippen LogP contribution in [0.1, 0.15) is 47.3 Å². The molecule has 6 N–H and O–H groups in total. The highest BCUT2D eigenvalue weighted by Crippen LogP contribution is 2.62. The van der Waals surface area contributed by atoms with Gasteiger partial charge in [0.1, 0.15) is 0 Å². The lowest BCUT2D eigenvalue weighted by molar-refractivity contribution is -0.114. The molecule has 2 aromatic heterocycles. The van der Waals surface area contributed by atoms with Gasteiger partial charge in [-0.3, -0.25) is 9.59 Å². The van der Waals surface area contributed by atoms with Crippen molar-refractivity contribution in [2.45, 2.75) is 46.8 Å². The molecule has 2 amide bonds. The van der Waals surface area contributed by atoms with Crippen molar-refractivity contribution in [1.82, 2.24) is 20.8 Å². The van der Waals surface area contributed by atoms with Crippen LogP contribution < -0.4 is 22.1 Å². The number of aromatic nitrogens is 2. The Balaban J connectivity index is 0.000000295. The highest BCUT2D eigenvalue weighted by Gasteiger charge is 2.54. The molecule has 0 radical (unpaired) electrons. The van der Waals surface area contributed by atoms with Crippen molar-refractivity contribution < 1.29 is 14.3 Å². The van der Waals surface area contributed by atoms with E-state index in [1.807, 2.05) is 60.0 Å². The molecular weight excluding hydrogens is 760 g/mol. The summed E-state index contributed by atoms with van der Waals surface area (Å²) in [6.07, 6.45) is 7.84. The maximum Gasteiger partial charge on any atom is 0.270 e. The van der Waals surface area contributed by atoms with Crippen LogP contribution in [0.5, 0.6) is 0 Å². The average molecular weight is 796 g/mol. The average Bonchev–Trinajstić information content (AvgIpc) is 3.80. The van der Waals surface area contributed by atoms with Crippen LogP contribution in [0, 0.1) is 0 Å². The number of fused-ring (bicyclic) bond motifs is 2. The zero-order chi connectivity index (χ0) is 36.3. The minimum absolute atomic E-state index is 0.0416. The van der Waals surface area contributed by atoms with Gasteiger partial charge in [0.2, 0.25) is 0 Å². The number of amides is 2. The summed E-state index contributed by atoms with van der Waals surface area (Å²) in [6, 6.07) is 17.5. The second kappa shape index (κ2) is 15.9.